The lowest BCUT2D eigenvalue weighted by Gasteiger charge is -2.06. The number of rotatable bonds is 3. The Morgan fingerprint density at radius 3 is 2.47 bits per heavy atom. The van der Waals surface area contributed by atoms with Crippen molar-refractivity contribution in [1.82, 2.24) is 0 Å². The third-order valence-corrected chi connectivity index (χ3v) is 2.09. The first-order chi connectivity index (χ1) is 6.79. The van der Waals surface area contributed by atoms with E-state index in [9.17, 15) is 13.2 Å². The number of carbonyl (C=O) groups is 1. The molecule has 82 valence electrons. The monoisotopic (exact) mass is 230 g/mol. The number of hydrogen-bond donors (Lipinski definition) is 1. The molecule has 1 rings (SSSR count). The van der Waals surface area contributed by atoms with Gasteiger partial charge in [-0.1, -0.05) is 6.07 Å². The van der Waals surface area contributed by atoms with Gasteiger partial charge in [0.05, 0.1) is 6.26 Å². The van der Waals surface area contributed by atoms with Crippen molar-refractivity contribution in [3.63, 3.8) is 0 Å². The zero-order chi connectivity index (χ0) is 11.6. The van der Waals surface area contributed by atoms with E-state index in [2.05, 4.69) is 4.18 Å². The largest absolute Gasteiger partial charge is 0.478 e. The van der Waals surface area contributed by atoms with Gasteiger partial charge in [-0.2, -0.15) is 8.42 Å². The molecule has 1 aromatic rings. The third kappa shape index (κ3) is 3.25. The predicted octanol–water partition coefficient (Wildman–Crippen LogP) is 1.03. The highest BCUT2D eigenvalue weighted by Gasteiger charge is 2.15. The SMILES string of the molecule is Cc1ccc(C(=O)O)c(OS(C)(=O)=O)c1. The second-order valence-corrected chi connectivity index (χ2v) is 4.67. The number of benzene rings is 1. The van der Waals surface area contributed by atoms with Gasteiger partial charge >= 0.3 is 16.1 Å². The minimum atomic E-state index is -3.71. The van der Waals surface area contributed by atoms with Crippen LogP contribution in [0.3, 0.4) is 0 Å². The van der Waals surface area contributed by atoms with Gasteiger partial charge in [0.15, 0.2) is 5.75 Å². The van der Waals surface area contributed by atoms with E-state index in [4.69, 9.17) is 5.11 Å². The fraction of sp³-hybridized carbons (Fsp3) is 0.222. The van der Waals surface area contributed by atoms with Crippen molar-refractivity contribution in [3.05, 3.63) is 29.3 Å². The Labute approximate surface area is 87.4 Å². The molecule has 0 fully saturated rings. The van der Waals surface area contributed by atoms with Crippen LogP contribution in [0.15, 0.2) is 18.2 Å². The average molecular weight is 230 g/mol. The lowest BCUT2D eigenvalue weighted by molar-refractivity contribution is 0.0695. The van der Waals surface area contributed by atoms with Gasteiger partial charge in [-0.05, 0) is 24.6 Å². The van der Waals surface area contributed by atoms with E-state index in [1.807, 2.05) is 0 Å². The third-order valence-electron chi connectivity index (χ3n) is 1.61. The van der Waals surface area contributed by atoms with E-state index in [0.717, 1.165) is 11.8 Å². The van der Waals surface area contributed by atoms with Crippen molar-refractivity contribution in [3.8, 4) is 5.75 Å². The second-order valence-electron chi connectivity index (χ2n) is 3.09. The molecule has 1 N–H and O–H groups in total. The van der Waals surface area contributed by atoms with E-state index in [-0.39, 0.29) is 11.3 Å². The Morgan fingerprint density at radius 1 is 1.40 bits per heavy atom. The molecule has 0 unspecified atom stereocenters. The zero-order valence-corrected chi connectivity index (χ0v) is 9.04. The maximum Gasteiger partial charge on any atom is 0.339 e. The summed E-state index contributed by atoms with van der Waals surface area (Å²) in [5, 5.41) is 8.78. The van der Waals surface area contributed by atoms with Crippen LogP contribution >= 0.6 is 0 Å². The lowest BCUT2D eigenvalue weighted by Crippen LogP contribution is -2.09. The molecule has 0 saturated heterocycles. The molecule has 0 aliphatic heterocycles. The summed E-state index contributed by atoms with van der Waals surface area (Å²) in [6.45, 7) is 1.71. The van der Waals surface area contributed by atoms with E-state index < -0.39 is 16.1 Å². The first kappa shape index (κ1) is 11.5. The minimum Gasteiger partial charge on any atom is -0.478 e. The first-order valence-corrected chi connectivity index (χ1v) is 5.84. The van der Waals surface area contributed by atoms with Crippen molar-refractivity contribution in [2.75, 3.05) is 6.26 Å². The molecule has 0 aliphatic carbocycles. The number of carboxylic acids is 1. The number of aryl methyl sites for hydroxylation is 1. The smallest absolute Gasteiger partial charge is 0.339 e. The van der Waals surface area contributed by atoms with Crippen LogP contribution in [0, 0.1) is 6.92 Å². The molecule has 0 radical (unpaired) electrons. The van der Waals surface area contributed by atoms with Gasteiger partial charge in [0.2, 0.25) is 0 Å². The molecule has 0 bridgehead atoms. The highest BCUT2D eigenvalue weighted by Crippen LogP contribution is 2.21. The molecule has 0 atom stereocenters. The van der Waals surface area contributed by atoms with Crippen molar-refractivity contribution in [1.29, 1.82) is 0 Å². The first-order valence-electron chi connectivity index (χ1n) is 4.03. The molecule has 6 heteroatoms. The maximum atomic E-state index is 10.9. The van der Waals surface area contributed by atoms with Gasteiger partial charge in [-0.15, -0.1) is 0 Å². The van der Waals surface area contributed by atoms with Crippen LogP contribution < -0.4 is 4.18 Å². The second kappa shape index (κ2) is 3.90. The van der Waals surface area contributed by atoms with Gasteiger partial charge in [0, 0.05) is 0 Å². The standard InChI is InChI=1S/C9H10O5S/c1-6-3-4-7(9(10)11)8(5-6)14-15(2,12)13/h3-5H,1-2H3,(H,10,11). The Morgan fingerprint density at radius 2 is 2.00 bits per heavy atom. The van der Waals surface area contributed by atoms with E-state index in [0.29, 0.717) is 0 Å². The summed E-state index contributed by atoms with van der Waals surface area (Å²) in [5.41, 5.74) is 0.546. The van der Waals surface area contributed by atoms with Crippen LogP contribution in [0.25, 0.3) is 0 Å². The number of aromatic carboxylic acids is 1. The van der Waals surface area contributed by atoms with Gasteiger partial charge in [-0.25, -0.2) is 4.79 Å². The lowest BCUT2D eigenvalue weighted by atomic mass is 10.1. The van der Waals surface area contributed by atoms with Gasteiger partial charge < -0.3 is 9.29 Å². The molecule has 0 aliphatic rings. The Kier molecular flexibility index (Phi) is 2.99. The van der Waals surface area contributed by atoms with Crippen molar-refractivity contribution in [2.45, 2.75) is 6.92 Å². The summed E-state index contributed by atoms with van der Waals surface area (Å²) in [7, 11) is -3.71. The van der Waals surface area contributed by atoms with Crippen molar-refractivity contribution in [2.24, 2.45) is 0 Å². The fourth-order valence-corrected chi connectivity index (χ4v) is 1.50. The Hall–Kier alpha value is -1.56. The van der Waals surface area contributed by atoms with Crippen molar-refractivity contribution >= 4 is 16.1 Å². The molecule has 0 heterocycles. The molecule has 15 heavy (non-hydrogen) atoms. The van der Waals surface area contributed by atoms with Crippen LogP contribution in [0.5, 0.6) is 5.75 Å². The van der Waals surface area contributed by atoms with E-state index in [1.165, 1.54) is 12.1 Å². The molecule has 0 spiro atoms. The van der Waals surface area contributed by atoms with Crippen LogP contribution in [-0.4, -0.2) is 25.7 Å². The molecule has 1 aromatic carbocycles. The van der Waals surface area contributed by atoms with Gasteiger partial charge in [-0.3, -0.25) is 0 Å². The highest BCUT2D eigenvalue weighted by atomic mass is 32.2. The summed E-state index contributed by atoms with van der Waals surface area (Å²) in [4.78, 5) is 10.7. The minimum absolute atomic E-state index is 0.162. The molecule has 0 saturated carbocycles. The Bertz CT molecular complexity index is 489. The van der Waals surface area contributed by atoms with Crippen LogP contribution in [0.1, 0.15) is 15.9 Å². The van der Waals surface area contributed by atoms with E-state index in [1.54, 1.807) is 13.0 Å². The molecule has 5 nitrogen and oxygen atoms in total. The van der Waals surface area contributed by atoms with Gasteiger partial charge in [0.1, 0.15) is 5.56 Å². The number of hydrogen-bond acceptors (Lipinski definition) is 4. The summed E-state index contributed by atoms with van der Waals surface area (Å²) < 4.78 is 26.3. The van der Waals surface area contributed by atoms with Crippen LogP contribution in [0.2, 0.25) is 0 Å². The van der Waals surface area contributed by atoms with Crippen molar-refractivity contribution < 1.29 is 22.5 Å². The summed E-state index contributed by atoms with van der Waals surface area (Å²) in [6.07, 6.45) is 0.862. The Balaban J connectivity index is 3.25. The molecular weight excluding hydrogens is 220 g/mol. The van der Waals surface area contributed by atoms with Crippen LogP contribution in [0.4, 0.5) is 0 Å². The van der Waals surface area contributed by atoms with Gasteiger partial charge in [0.25, 0.3) is 0 Å². The van der Waals surface area contributed by atoms with E-state index >= 15 is 0 Å². The molecule has 0 amide bonds. The highest BCUT2D eigenvalue weighted by molar-refractivity contribution is 7.86. The number of carboxylic acid groups (broad SMARTS) is 1. The summed E-state index contributed by atoms with van der Waals surface area (Å²) >= 11 is 0. The van der Waals surface area contributed by atoms with Crippen LogP contribution in [-0.2, 0) is 10.1 Å². The quantitative estimate of drug-likeness (QED) is 0.784. The molecular formula is C9H10O5S. The maximum absolute atomic E-state index is 10.9. The molecule has 0 aromatic heterocycles. The fourth-order valence-electron chi connectivity index (χ4n) is 1.04. The predicted molar refractivity (Wildman–Crippen MR) is 53.6 cm³/mol. The average Bonchev–Trinajstić information content (AvgIpc) is 1.99. The normalized spacial score (nSPS) is 11.1. The zero-order valence-electron chi connectivity index (χ0n) is 8.22. The summed E-state index contributed by atoms with van der Waals surface area (Å²) in [6, 6.07) is 4.24. The summed E-state index contributed by atoms with van der Waals surface area (Å²) in [5.74, 6) is -1.39. The topological polar surface area (TPSA) is 80.7 Å².